The Morgan fingerprint density at radius 1 is 1.26 bits per heavy atom. The van der Waals surface area contributed by atoms with E-state index in [0.717, 1.165) is 57.4 Å². The molecule has 1 aromatic carbocycles. The molecule has 2 aromatic heterocycles. The number of likely N-dealkylation sites (tertiary alicyclic amines) is 1. The number of fused-ring (bicyclic) bond motifs is 1. The summed E-state index contributed by atoms with van der Waals surface area (Å²) in [4.78, 5) is 26.5. The van der Waals surface area contributed by atoms with E-state index < -0.39 is 0 Å². The number of rotatable bonds is 7. The van der Waals surface area contributed by atoms with Gasteiger partial charge in [0.15, 0.2) is 0 Å². The fourth-order valence-electron chi connectivity index (χ4n) is 4.40. The number of amides is 1. The largest absolute Gasteiger partial charge is 0.497 e. The van der Waals surface area contributed by atoms with Gasteiger partial charge in [-0.25, -0.2) is 9.97 Å². The van der Waals surface area contributed by atoms with E-state index >= 15 is 0 Å². The van der Waals surface area contributed by atoms with Crippen molar-refractivity contribution in [3.05, 3.63) is 51.8 Å². The Morgan fingerprint density at radius 3 is 2.74 bits per heavy atom. The van der Waals surface area contributed by atoms with Crippen molar-refractivity contribution in [1.82, 2.24) is 20.2 Å². The molecule has 1 aliphatic rings. The number of methoxy groups -OCH3 is 1. The van der Waals surface area contributed by atoms with E-state index in [9.17, 15) is 4.79 Å². The molecule has 0 radical (unpaired) electrons. The minimum Gasteiger partial charge on any atom is -0.497 e. The predicted octanol–water partition coefficient (Wildman–Crippen LogP) is 4.45. The molecule has 0 spiro atoms. The van der Waals surface area contributed by atoms with Crippen molar-refractivity contribution < 1.29 is 9.53 Å². The van der Waals surface area contributed by atoms with Gasteiger partial charge in [0.25, 0.3) is 5.91 Å². The van der Waals surface area contributed by atoms with Gasteiger partial charge in [-0.2, -0.15) is 0 Å². The van der Waals surface area contributed by atoms with Crippen molar-refractivity contribution in [1.29, 1.82) is 0 Å². The second-order valence-electron chi connectivity index (χ2n) is 8.06. The van der Waals surface area contributed by atoms with E-state index in [1.807, 2.05) is 32.9 Å². The van der Waals surface area contributed by atoms with Crippen LogP contribution in [0.4, 0.5) is 0 Å². The Kier molecular flexibility index (Phi) is 6.53. The average Bonchev–Trinajstić information content (AvgIpc) is 3.42. The summed E-state index contributed by atoms with van der Waals surface area (Å²) >= 11 is 1.46. The molecule has 3 aromatic rings. The van der Waals surface area contributed by atoms with Crippen LogP contribution in [0.25, 0.3) is 10.2 Å². The topological polar surface area (TPSA) is 67.3 Å². The Bertz CT molecular complexity index is 1090. The van der Waals surface area contributed by atoms with Crippen LogP contribution in [-0.4, -0.2) is 47.5 Å². The maximum Gasteiger partial charge on any atom is 0.261 e. The van der Waals surface area contributed by atoms with E-state index in [1.165, 1.54) is 29.7 Å². The number of ether oxygens (including phenoxy) is 1. The highest BCUT2D eigenvalue weighted by atomic mass is 32.1. The van der Waals surface area contributed by atoms with Crippen molar-refractivity contribution in [2.75, 3.05) is 26.7 Å². The lowest BCUT2D eigenvalue weighted by Gasteiger charge is -2.28. The van der Waals surface area contributed by atoms with Crippen molar-refractivity contribution >= 4 is 27.5 Å². The quantitative estimate of drug-likeness (QED) is 0.590. The van der Waals surface area contributed by atoms with Crippen LogP contribution in [0, 0.1) is 13.8 Å². The zero-order valence-corrected chi connectivity index (χ0v) is 19.5. The number of aryl methyl sites for hydroxylation is 3. The van der Waals surface area contributed by atoms with Crippen LogP contribution < -0.4 is 10.1 Å². The molecule has 1 amide bonds. The van der Waals surface area contributed by atoms with Crippen LogP contribution in [0.2, 0.25) is 0 Å². The number of aromatic nitrogens is 2. The Labute approximate surface area is 187 Å². The van der Waals surface area contributed by atoms with Crippen LogP contribution in [0.1, 0.15) is 58.1 Å². The summed E-state index contributed by atoms with van der Waals surface area (Å²) in [6, 6.07) is 8.29. The summed E-state index contributed by atoms with van der Waals surface area (Å²) in [5.41, 5.74) is 3.08. The molecular weight excluding hydrogens is 408 g/mol. The summed E-state index contributed by atoms with van der Waals surface area (Å²) in [7, 11) is 1.69. The van der Waals surface area contributed by atoms with Gasteiger partial charge in [-0.3, -0.25) is 9.69 Å². The molecule has 164 valence electrons. The van der Waals surface area contributed by atoms with E-state index in [1.54, 1.807) is 7.11 Å². The van der Waals surface area contributed by atoms with Gasteiger partial charge in [-0.05, 0) is 63.0 Å². The number of carbonyl (C=O) groups is 1. The van der Waals surface area contributed by atoms with Crippen molar-refractivity contribution in [3.8, 4) is 5.75 Å². The first-order chi connectivity index (χ1) is 15.0. The standard InChI is InChI=1S/C24H30N4O2S/c1-5-20-26-16(3)21-15(2)22(31-24(21)27-20)23(29)25-14-19(28-11-6-7-12-28)17-9-8-10-18(13-17)30-4/h8-10,13,19H,5-7,11-12,14H2,1-4H3,(H,25,29). The van der Waals surface area contributed by atoms with Crippen LogP contribution in [0.5, 0.6) is 5.75 Å². The Morgan fingerprint density at radius 2 is 2.03 bits per heavy atom. The molecule has 1 fully saturated rings. The van der Waals surface area contributed by atoms with Crippen LogP contribution in [-0.2, 0) is 6.42 Å². The Balaban J connectivity index is 1.58. The molecule has 1 aliphatic heterocycles. The predicted molar refractivity (Wildman–Crippen MR) is 125 cm³/mol. The molecule has 1 N–H and O–H groups in total. The molecule has 3 heterocycles. The number of hydrogen-bond donors (Lipinski definition) is 1. The first kappa shape index (κ1) is 21.7. The number of carbonyl (C=O) groups excluding carboxylic acids is 1. The SMILES string of the molecule is CCc1nc(C)c2c(C)c(C(=O)NCC(c3cccc(OC)c3)N3CCCC3)sc2n1. The van der Waals surface area contributed by atoms with Crippen molar-refractivity contribution in [2.45, 2.75) is 46.1 Å². The molecule has 0 bridgehead atoms. The van der Waals surface area contributed by atoms with Gasteiger partial charge in [0, 0.05) is 24.0 Å². The zero-order valence-electron chi connectivity index (χ0n) is 18.7. The highest BCUT2D eigenvalue weighted by Crippen LogP contribution is 2.32. The fourth-order valence-corrected chi connectivity index (χ4v) is 5.57. The maximum absolute atomic E-state index is 13.2. The monoisotopic (exact) mass is 438 g/mol. The second kappa shape index (κ2) is 9.32. The molecule has 0 aliphatic carbocycles. The number of benzene rings is 1. The lowest BCUT2D eigenvalue weighted by Crippen LogP contribution is -2.36. The van der Waals surface area contributed by atoms with Crippen LogP contribution >= 0.6 is 11.3 Å². The summed E-state index contributed by atoms with van der Waals surface area (Å²) in [6.07, 6.45) is 3.18. The highest BCUT2D eigenvalue weighted by molar-refractivity contribution is 7.20. The average molecular weight is 439 g/mol. The highest BCUT2D eigenvalue weighted by Gasteiger charge is 2.26. The molecule has 7 heteroatoms. The number of nitrogens with one attached hydrogen (secondary N) is 1. The van der Waals surface area contributed by atoms with E-state index in [0.29, 0.717) is 6.54 Å². The van der Waals surface area contributed by atoms with Gasteiger partial charge in [0.2, 0.25) is 0 Å². The first-order valence-corrected chi connectivity index (χ1v) is 11.8. The summed E-state index contributed by atoms with van der Waals surface area (Å²) < 4.78 is 5.42. The third-order valence-electron chi connectivity index (χ3n) is 6.06. The summed E-state index contributed by atoms with van der Waals surface area (Å²) in [5.74, 6) is 1.63. The van der Waals surface area contributed by atoms with Crippen molar-refractivity contribution in [3.63, 3.8) is 0 Å². The molecule has 31 heavy (non-hydrogen) atoms. The second-order valence-corrected chi connectivity index (χ2v) is 9.06. The lowest BCUT2D eigenvalue weighted by molar-refractivity contribution is 0.0941. The van der Waals surface area contributed by atoms with Gasteiger partial charge in [-0.1, -0.05) is 19.1 Å². The smallest absolute Gasteiger partial charge is 0.261 e. The van der Waals surface area contributed by atoms with E-state index in [4.69, 9.17) is 4.74 Å². The normalized spacial score (nSPS) is 15.4. The zero-order chi connectivity index (χ0) is 22.0. The number of hydrogen-bond acceptors (Lipinski definition) is 6. The Hall–Kier alpha value is -2.51. The molecular formula is C24H30N4O2S. The molecule has 6 nitrogen and oxygen atoms in total. The van der Waals surface area contributed by atoms with Gasteiger partial charge < -0.3 is 10.1 Å². The number of nitrogens with zero attached hydrogens (tertiary/aromatic N) is 3. The molecule has 1 saturated heterocycles. The minimum absolute atomic E-state index is 0.0370. The van der Waals surface area contributed by atoms with E-state index in [-0.39, 0.29) is 11.9 Å². The molecule has 4 rings (SSSR count). The minimum atomic E-state index is -0.0370. The van der Waals surface area contributed by atoms with Crippen molar-refractivity contribution in [2.24, 2.45) is 0 Å². The molecule has 0 saturated carbocycles. The fraction of sp³-hybridized carbons (Fsp3) is 0.458. The maximum atomic E-state index is 13.2. The number of thiophene rings is 1. The van der Waals surface area contributed by atoms with E-state index in [2.05, 4.69) is 32.3 Å². The van der Waals surface area contributed by atoms with Crippen LogP contribution in [0.15, 0.2) is 24.3 Å². The molecule has 1 atom stereocenters. The first-order valence-electron chi connectivity index (χ1n) is 10.9. The van der Waals surface area contributed by atoms with Crippen LogP contribution in [0.3, 0.4) is 0 Å². The van der Waals surface area contributed by atoms with Gasteiger partial charge >= 0.3 is 0 Å². The van der Waals surface area contributed by atoms with Gasteiger partial charge in [0.05, 0.1) is 18.0 Å². The van der Waals surface area contributed by atoms with Gasteiger partial charge in [-0.15, -0.1) is 11.3 Å². The third-order valence-corrected chi connectivity index (χ3v) is 7.24. The van der Waals surface area contributed by atoms with Gasteiger partial charge in [0.1, 0.15) is 16.4 Å². The summed E-state index contributed by atoms with van der Waals surface area (Å²) in [6.45, 7) is 8.70. The summed E-state index contributed by atoms with van der Waals surface area (Å²) in [5, 5.41) is 4.21. The third kappa shape index (κ3) is 4.43. The lowest BCUT2D eigenvalue weighted by atomic mass is 10.0. The molecule has 1 unspecified atom stereocenters.